The molecule has 3 amide bonds. The summed E-state index contributed by atoms with van der Waals surface area (Å²) in [5.74, 6) is -0.670. The van der Waals surface area contributed by atoms with Crippen LogP contribution in [-0.4, -0.2) is 40.1 Å². The van der Waals surface area contributed by atoms with E-state index in [1.54, 1.807) is 29.2 Å². The van der Waals surface area contributed by atoms with Crippen molar-refractivity contribution in [2.45, 2.75) is 19.0 Å². The molecule has 0 fully saturated rings. The summed E-state index contributed by atoms with van der Waals surface area (Å²) in [6.07, 6.45) is 0.551. The highest BCUT2D eigenvalue weighted by Crippen LogP contribution is 2.30. The monoisotopic (exact) mass is 474 g/mol. The summed E-state index contributed by atoms with van der Waals surface area (Å²) in [4.78, 5) is 42.2. The standard InChI is InChI=1S/C25H19BrN2O3/c26-18-10-11-20-17(13-18)14-27(23(20)29)19(12-16-6-2-1-3-7-16)15-28-24(30)21-8-4-5-9-22(21)25(28)31/h1-11,13,19H,12,14-15H2/t19-/m0/s1. The van der Waals surface area contributed by atoms with Gasteiger partial charge in [-0.1, -0.05) is 58.4 Å². The van der Waals surface area contributed by atoms with Gasteiger partial charge in [0, 0.05) is 16.6 Å². The summed E-state index contributed by atoms with van der Waals surface area (Å²) < 4.78 is 0.917. The van der Waals surface area contributed by atoms with Gasteiger partial charge in [0.1, 0.15) is 0 Å². The molecule has 0 N–H and O–H groups in total. The van der Waals surface area contributed by atoms with Gasteiger partial charge < -0.3 is 4.90 Å². The Morgan fingerprint density at radius 2 is 1.42 bits per heavy atom. The minimum absolute atomic E-state index is 0.0694. The van der Waals surface area contributed by atoms with Gasteiger partial charge >= 0.3 is 0 Å². The maximum Gasteiger partial charge on any atom is 0.261 e. The zero-order chi connectivity index (χ0) is 21.5. The smallest absolute Gasteiger partial charge is 0.261 e. The number of hydrogen-bond donors (Lipinski definition) is 0. The number of rotatable bonds is 5. The fourth-order valence-corrected chi connectivity index (χ4v) is 4.79. The van der Waals surface area contributed by atoms with Crippen molar-refractivity contribution in [3.8, 4) is 0 Å². The van der Waals surface area contributed by atoms with Crippen molar-refractivity contribution in [1.82, 2.24) is 9.80 Å². The predicted molar refractivity (Wildman–Crippen MR) is 120 cm³/mol. The van der Waals surface area contributed by atoms with Gasteiger partial charge in [-0.15, -0.1) is 0 Å². The molecule has 2 aliphatic rings. The molecule has 2 heterocycles. The lowest BCUT2D eigenvalue weighted by Crippen LogP contribution is -2.47. The Hall–Kier alpha value is -3.25. The van der Waals surface area contributed by atoms with Gasteiger partial charge in [-0.05, 0) is 47.9 Å². The van der Waals surface area contributed by atoms with E-state index in [4.69, 9.17) is 0 Å². The van der Waals surface area contributed by atoms with E-state index >= 15 is 0 Å². The van der Waals surface area contributed by atoms with Gasteiger partial charge in [-0.25, -0.2) is 0 Å². The molecule has 6 heteroatoms. The first kappa shape index (κ1) is 19.7. The van der Waals surface area contributed by atoms with Crippen LogP contribution in [-0.2, 0) is 13.0 Å². The average Bonchev–Trinajstić information content (AvgIpc) is 3.23. The van der Waals surface area contributed by atoms with Crippen LogP contribution in [0.1, 0.15) is 42.2 Å². The number of benzene rings is 3. The first-order chi connectivity index (χ1) is 15.0. The molecule has 3 aromatic carbocycles. The Kier molecular flexibility index (Phi) is 4.94. The Morgan fingerprint density at radius 3 is 2.10 bits per heavy atom. The Morgan fingerprint density at radius 1 is 0.774 bits per heavy atom. The van der Waals surface area contributed by atoms with Crippen molar-refractivity contribution in [3.05, 3.63) is 105 Å². The first-order valence-electron chi connectivity index (χ1n) is 10.1. The topological polar surface area (TPSA) is 57.7 Å². The molecule has 31 heavy (non-hydrogen) atoms. The highest BCUT2D eigenvalue weighted by Gasteiger charge is 2.40. The molecular formula is C25H19BrN2O3. The summed E-state index contributed by atoms with van der Waals surface area (Å²) in [7, 11) is 0. The van der Waals surface area contributed by atoms with Crippen molar-refractivity contribution in [3.63, 3.8) is 0 Å². The highest BCUT2D eigenvalue weighted by molar-refractivity contribution is 9.10. The van der Waals surface area contributed by atoms with E-state index in [0.29, 0.717) is 29.7 Å². The number of carbonyl (C=O) groups excluding carboxylic acids is 3. The molecule has 154 valence electrons. The molecule has 0 aliphatic carbocycles. The van der Waals surface area contributed by atoms with Gasteiger partial charge in [-0.3, -0.25) is 19.3 Å². The fraction of sp³-hybridized carbons (Fsp3) is 0.160. The van der Waals surface area contributed by atoms with Gasteiger partial charge in [0.2, 0.25) is 0 Å². The molecule has 0 unspecified atom stereocenters. The number of nitrogens with zero attached hydrogens (tertiary/aromatic N) is 2. The van der Waals surface area contributed by atoms with Crippen LogP contribution >= 0.6 is 15.9 Å². The largest absolute Gasteiger partial charge is 0.329 e. The molecular weight excluding hydrogens is 456 g/mol. The Balaban J connectivity index is 1.47. The van der Waals surface area contributed by atoms with E-state index in [1.807, 2.05) is 48.5 Å². The van der Waals surface area contributed by atoms with Crippen LogP contribution in [0.3, 0.4) is 0 Å². The minimum Gasteiger partial charge on any atom is -0.329 e. The summed E-state index contributed by atoms with van der Waals surface area (Å²) in [5, 5.41) is 0. The quantitative estimate of drug-likeness (QED) is 0.517. The first-order valence-corrected chi connectivity index (χ1v) is 10.9. The third-order valence-corrected chi connectivity index (χ3v) is 6.42. The molecule has 5 nitrogen and oxygen atoms in total. The van der Waals surface area contributed by atoms with Crippen LogP contribution in [0.4, 0.5) is 0 Å². The zero-order valence-electron chi connectivity index (χ0n) is 16.6. The molecule has 0 spiro atoms. The SMILES string of the molecule is O=C1c2ccccc2C(=O)N1C[C@H](Cc1ccccc1)N1Cc2cc(Br)ccc2C1=O. The minimum atomic E-state index is -0.330. The van der Waals surface area contributed by atoms with Gasteiger partial charge in [0.25, 0.3) is 17.7 Å². The molecule has 0 saturated heterocycles. The van der Waals surface area contributed by atoms with E-state index < -0.39 is 0 Å². The number of imide groups is 1. The van der Waals surface area contributed by atoms with Crippen LogP contribution in [0.25, 0.3) is 0 Å². The molecule has 0 aromatic heterocycles. The molecule has 0 radical (unpaired) electrons. The van der Waals surface area contributed by atoms with Crippen LogP contribution in [0.2, 0.25) is 0 Å². The molecule has 1 atom stereocenters. The lowest BCUT2D eigenvalue weighted by molar-refractivity contribution is 0.0528. The highest BCUT2D eigenvalue weighted by atomic mass is 79.9. The van der Waals surface area contributed by atoms with Crippen molar-refractivity contribution in [1.29, 1.82) is 0 Å². The number of halogens is 1. The maximum atomic E-state index is 13.2. The number of hydrogen-bond acceptors (Lipinski definition) is 3. The number of fused-ring (bicyclic) bond motifs is 2. The van der Waals surface area contributed by atoms with Crippen LogP contribution in [0.5, 0.6) is 0 Å². The Bertz CT molecular complexity index is 1170. The van der Waals surface area contributed by atoms with E-state index in [-0.39, 0.29) is 30.3 Å². The van der Waals surface area contributed by atoms with Crippen molar-refractivity contribution in [2.24, 2.45) is 0 Å². The third kappa shape index (κ3) is 3.47. The van der Waals surface area contributed by atoms with E-state index in [9.17, 15) is 14.4 Å². The van der Waals surface area contributed by atoms with Crippen molar-refractivity contribution in [2.75, 3.05) is 6.54 Å². The van der Waals surface area contributed by atoms with Crippen LogP contribution in [0.15, 0.2) is 77.3 Å². The van der Waals surface area contributed by atoms with Crippen molar-refractivity contribution < 1.29 is 14.4 Å². The molecule has 2 aliphatic heterocycles. The van der Waals surface area contributed by atoms with Gasteiger partial charge in [-0.2, -0.15) is 0 Å². The lowest BCUT2D eigenvalue weighted by Gasteiger charge is -2.31. The summed E-state index contributed by atoms with van der Waals surface area (Å²) in [6, 6.07) is 22.0. The summed E-state index contributed by atoms with van der Waals surface area (Å²) in [5.41, 5.74) is 3.51. The van der Waals surface area contributed by atoms with E-state index in [2.05, 4.69) is 15.9 Å². The molecule has 5 rings (SSSR count). The van der Waals surface area contributed by atoms with Crippen LogP contribution < -0.4 is 0 Å². The van der Waals surface area contributed by atoms with E-state index in [0.717, 1.165) is 15.6 Å². The third-order valence-electron chi connectivity index (χ3n) is 5.93. The maximum absolute atomic E-state index is 13.2. The zero-order valence-corrected chi connectivity index (χ0v) is 18.2. The second-order valence-electron chi connectivity index (χ2n) is 7.84. The van der Waals surface area contributed by atoms with Gasteiger partial charge in [0.05, 0.1) is 23.7 Å². The number of carbonyl (C=O) groups is 3. The predicted octanol–water partition coefficient (Wildman–Crippen LogP) is 4.31. The van der Waals surface area contributed by atoms with Crippen LogP contribution in [0, 0.1) is 0 Å². The normalized spacial score (nSPS) is 16.0. The molecule has 0 bridgehead atoms. The summed E-state index contributed by atoms with van der Waals surface area (Å²) in [6.45, 7) is 0.608. The fourth-order valence-electron chi connectivity index (χ4n) is 4.38. The second-order valence-corrected chi connectivity index (χ2v) is 8.76. The second kappa shape index (κ2) is 7.78. The Labute approximate surface area is 188 Å². The van der Waals surface area contributed by atoms with Gasteiger partial charge in [0.15, 0.2) is 0 Å². The average molecular weight is 475 g/mol. The van der Waals surface area contributed by atoms with E-state index in [1.165, 1.54) is 4.90 Å². The van der Waals surface area contributed by atoms with Crippen molar-refractivity contribution >= 4 is 33.7 Å². The summed E-state index contributed by atoms with van der Waals surface area (Å²) >= 11 is 3.47. The lowest BCUT2D eigenvalue weighted by atomic mass is 10.0. The molecule has 3 aromatic rings. The molecule has 0 saturated carbocycles. The number of amides is 3.